The van der Waals surface area contributed by atoms with E-state index >= 15 is 0 Å². The van der Waals surface area contributed by atoms with E-state index in [1.165, 1.54) is 10.4 Å². The highest BCUT2D eigenvalue weighted by Gasteiger charge is 2.04. The van der Waals surface area contributed by atoms with E-state index in [1.54, 1.807) is 11.3 Å². The zero-order chi connectivity index (χ0) is 14.2. The second-order valence-corrected chi connectivity index (χ2v) is 5.73. The molecule has 0 unspecified atom stereocenters. The normalized spacial score (nSPS) is 10.3. The molecule has 1 aromatic carbocycles. The first-order chi connectivity index (χ1) is 9.78. The van der Waals surface area contributed by atoms with E-state index in [0.717, 1.165) is 18.7 Å². The van der Waals surface area contributed by atoms with Crippen molar-refractivity contribution in [2.24, 2.45) is 0 Å². The summed E-state index contributed by atoms with van der Waals surface area (Å²) < 4.78 is 0. The molecule has 2 rings (SSSR count). The monoisotopic (exact) mass is 285 g/mol. The van der Waals surface area contributed by atoms with Gasteiger partial charge in [0.15, 0.2) is 0 Å². The zero-order valence-electron chi connectivity index (χ0n) is 11.7. The average Bonchev–Trinajstić information content (AvgIpc) is 2.87. The Morgan fingerprint density at radius 2 is 2.00 bits per heavy atom. The van der Waals surface area contributed by atoms with Crippen molar-refractivity contribution < 1.29 is 5.11 Å². The van der Waals surface area contributed by atoms with Crippen molar-refractivity contribution in [3.63, 3.8) is 0 Å². The van der Waals surface area contributed by atoms with E-state index in [9.17, 15) is 0 Å². The van der Waals surface area contributed by atoms with Crippen molar-refractivity contribution in [3.8, 4) is 11.8 Å². The minimum Gasteiger partial charge on any atom is -0.395 e. The maximum Gasteiger partial charge on any atom is 0.0540 e. The average molecular weight is 285 g/mol. The minimum absolute atomic E-state index is 0.129. The van der Waals surface area contributed by atoms with Crippen LogP contribution in [0.2, 0.25) is 0 Å². The van der Waals surface area contributed by atoms with Crippen LogP contribution in [0.4, 0.5) is 0 Å². The van der Waals surface area contributed by atoms with Gasteiger partial charge < -0.3 is 5.11 Å². The molecule has 0 spiro atoms. The molecule has 0 aliphatic carbocycles. The highest BCUT2D eigenvalue weighted by molar-refractivity contribution is 7.10. The first-order valence-corrected chi connectivity index (χ1v) is 7.55. The highest BCUT2D eigenvalue weighted by Crippen LogP contribution is 2.16. The Morgan fingerprint density at radius 3 is 2.75 bits per heavy atom. The summed E-state index contributed by atoms with van der Waals surface area (Å²) in [5.41, 5.74) is 2.38. The second kappa shape index (κ2) is 7.86. The van der Waals surface area contributed by atoms with Crippen LogP contribution < -0.4 is 0 Å². The second-order valence-electron chi connectivity index (χ2n) is 4.73. The van der Waals surface area contributed by atoms with Gasteiger partial charge in [-0.1, -0.05) is 42.2 Å². The Kier molecular flexibility index (Phi) is 5.82. The number of hydrogen-bond donors (Lipinski definition) is 1. The maximum atomic E-state index is 8.70. The first-order valence-electron chi connectivity index (χ1n) is 6.67. The van der Waals surface area contributed by atoms with Crippen LogP contribution in [-0.2, 0) is 13.1 Å². The fraction of sp³-hybridized carbons (Fsp3) is 0.294. The number of aliphatic hydroxyl groups excluding tert-OH is 1. The summed E-state index contributed by atoms with van der Waals surface area (Å²) in [5.74, 6) is 6.02. The topological polar surface area (TPSA) is 23.5 Å². The summed E-state index contributed by atoms with van der Waals surface area (Å²) in [6.45, 7) is 2.01. The molecule has 2 aromatic rings. The molecule has 1 aromatic heterocycles. The molecule has 3 heteroatoms. The summed E-state index contributed by atoms with van der Waals surface area (Å²) in [6, 6.07) is 12.6. The number of hydrogen-bond acceptors (Lipinski definition) is 3. The molecule has 104 valence electrons. The predicted molar refractivity (Wildman–Crippen MR) is 84.5 cm³/mol. The summed E-state index contributed by atoms with van der Waals surface area (Å²) in [5, 5.41) is 10.8. The van der Waals surface area contributed by atoms with Gasteiger partial charge in [-0.2, -0.15) is 0 Å². The summed E-state index contributed by atoms with van der Waals surface area (Å²) >= 11 is 1.74. The van der Waals surface area contributed by atoms with Gasteiger partial charge in [-0.05, 0) is 18.7 Å². The van der Waals surface area contributed by atoms with Crippen molar-refractivity contribution in [3.05, 3.63) is 57.8 Å². The largest absolute Gasteiger partial charge is 0.395 e. The van der Waals surface area contributed by atoms with Crippen LogP contribution >= 0.6 is 11.3 Å². The minimum atomic E-state index is 0.129. The third-order valence-electron chi connectivity index (χ3n) is 2.84. The van der Waals surface area contributed by atoms with Gasteiger partial charge in [0.25, 0.3) is 0 Å². The third kappa shape index (κ3) is 4.82. The molecule has 0 aliphatic rings. The van der Waals surface area contributed by atoms with Crippen LogP contribution in [-0.4, -0.2) is 23.7 Å². The van der Waals surface area contributed by atoms with Gasteiger partial charge in [-0.15, -0.1) is 11.3 Å². The van der Waals surface area contributed by atoms with E-state index < -0.39 is 0 Å². The molecular weight excluding hydrogens is 266 g/mol. The fourth-order valence-corrected chi connectivity index (χ4v) is 2.86. The van der Waals surface area contributed by atoms with E-state index in [1.807, 2.05) is 6.07 Å². The predicted octanol–water partition coefficient (Wildman–Crippen LogP) is 3.11. The molecule has 0 radical (unpaired) electrons. The van der Waals surface area contributed by atoms with Gasteiger partial charge in [-0.25, -0.2) is 0 Å². The number of thiophene rings is 1. The van der Waals surface area contributed by atoms with E-state index in [4.69, 9.17) is 5.11 Å². The summed E-state index contributed by atoms with van der Waals surface area (Å²) in [6.07, 6.45) is 0.541. The van der Waals surface area contributed by atoms with Crippen molar-refractivity contribution in [2.75, 3.05) is 13.7 Å². The number of nitrogens with zero attached hydrogens (tertiary/aromatic N) is 1. The van der Waals surface area contributed by atoms with Crippen molar-refractivity contribution in [1.29, 1.82) is 0 Å². The Hall–Kier alpha value is -1.60. The Labute approximate surface area is 124 Å². The van der Waals surface area contributed by atoms with Crippen LogP contribution in [0.15, 0.2) is 41.8 Å². The lowest BCUT2D eigenvalue weighted by atomic mass is 10.2. The lowest BCUT2D eigenvalue weighted by molar-refractivity contribution is 0.305. The Bertz CT molecular complexity index is 580. The molecule has 0 atom stereocenters. The molecule has 0 aliphatic heterocycles. The van der Waals surface area contributed by atoms with Gasteiger partial charge in [0.05, 0.1) is 6.61 Å². The van der Waals surface area contributed by atoms with Gasteiger partial charge in [0.2, 0.25) is 0 Å². The Balaban J connectivity index is 1.89. The Morgan fingerprint density at radius 1 is 1.20 bits per heavy atom. The van der Waals surface area contributed by atoms with Crippen molar-refractivity contribution in [2.45, 2.75) is 19.5 Å². The van der Waals surface area contributed by atoms with E-state index in [2.05, 4.69) is 59.5 Å². The number of rotatable bonds is 5. The van der Waals surface area contributed by atoms with Gasteiger partial charge >= 0.3 is 0 Å². The van der Waals surface area contributed by atoms with Crippen molar-refractivity contribution in [1.82, 2.24) is 4.90 Å². The number of aliphatic hydroxyl groups is 1. The molecule has 0 saturated heterocycles. The number of benzene rings is 1. The molecule has 1 heterocycles. The molecule has 0 amide bonds. The van der Waals surface area contributed by atoms with Crippen LogP contribution in [0.1, 0.15) is 22.4 Å². The zero-order valence-corrected chi connectivity index (χ0v) is 12.5. The lowest BCUT2D eigenvalue weighted by Gasteiger charge is -2.15. The lowest BCUT2D eigenvalue weighted by Crippen LogP contribution is -2.16. The maximum absolute atomic E-state index is 8.70. The van der Waals surface area contributed by atoms with Gasteiger partial charge in [0, 0.05) is 35.3 Å². The van der Waals surface area contributed by atoms with Gasteiger partial charge in [0.1, 0.15) is 0 Å². The third-order valence-corrected chi connectivity index (χ3v) is 3.77. The quantitative estimate of drug-likeness (QED) is 0.853. The SMILES string of the molecule is CN(Cc1ccccc1)Cc1cc(C#CCCO)cs1. The smallest absolute Gasteiger partial charge is 0.0540 e. The molecule has 1 N–H and O–H groups in total. The summed E-state index contributed by atoms with van der Waals surface area (Å²) in [7, 11) is 2.13. The van der Waals surface area contributed by atoms with Crippen molar-refractivity contribution >= 4 is 11.3 Å². The standard InChI is InChI=1S/C17H19NOS/c1-18(12-15-7-3-2-4-8-15)13-17-11-16(14-20-17)9-5-6-10-19/h2-4,7-8,11,14,19H,6,10,12-13H2,1H3. The molecule has 0 fully saturated rings. The highest BCUT2D eigenvalue weighted by atomic mass is 32.1. The molecule has 20 heavy (non-hydrogen) atoms. The summed E-state index contributed by atoms with van der Waals surface area (Å²) in [4.78, 5) is 3.61. The molecular formula is C17H19NOS. The molecule has 0 saturated carbocycles. The van der Waals surface area contributed by atoms with Crippen LogP contribution in [0, 0.1) is 11.8 Å². The van der Waals surface area contributed by atoms with Crippen LogP contribution in [0.5, 0.6) is 0 Å². The molecule has 2 nitrogen and oxygen atoms in total. The van der Waals surface area contributed by atoms with Gasteiger partial charge in [-0.3, -0.25) is 4.90 Å². The fourth-order valence-electron chi connectivity index (χ4n) is 1.97. The van der Waals surface area contributed by atoms with E-state index in [0.29, 0.717) is 6.42 Å². The van der Waals surface area contributed by atoms with E-state index in [-0.39, 0.29) is 6.61 Å². The van der Waals surface area contributed by atoms with Crippen LogP contribution in [0.3, 0.4) is 0 Å². The van der Waals surface area contributed by atoms with Crippen LogP contribution in [0.25, 0.3) is 0 Å². The molecule has 0 bridgehead atoms. The first kappa shape index (κ1) is 14.8.